The molecule has 0 spiro atoms. The van der Waals surface area contributed by atoms with Gasteiger partial charge >= 0.3 is 6.18 Å². The summed E-state index contributed by atoms with van der Waals surface area (Å²) in [6.07, 6.45) is -4.53. The maximum Gasteiger partial charge on any atom is 0.433 e. The molecule has 2 aromatic rings. The van der Waals surface area contributed by atoms with Crippen molar-refractivity contribution in [3.05, 3.63) is 35.5 Å². The predicted molar refractivity (Wildman–Crippen MR) is 65.3 cm³/mol. The van der Waals surface area contributed by atoms with Crippen LogP contribution in [0.3, 0.4) is 0 Å². The Bertz CT molecular complexity index is 599. The van der Waals surface area contributed by atoms with Crippen LogP contribution in [0.1, 0.15) is 11.3 Å². The number of nitrogen functional groups attached to an aromatic ring is 1. The summed E-state index contributed by atoms with van der Waals surface area (Å²) in [6.45, 7) is 0.176. The number of fused-ring (bicyclic) bond motifs is 1. The van der Waals surface area contributed by atoms with E-state index in [1.165, 1.54) is 7.11 Å². The predicted octanol–water partition coefficient (Wildman–Crippen LogP) is 2.69. The number of hydrogen-bond donors (Lipinski definition) is 2. The Morgan fingerprint density at radius 1 is 1.37 bits per heavy atom. The lowest BCUT2D eigenvalue weighted by atomic mass is 10.1. The van der Waals surface area contributed by atoms with Crippen molar-refractivity contribution in [3.8, 4) is 0 Å². The van der Waals surface area contributed by atoms with E-state index < -0.39 is 11.9 Å². The van der Waals surface area contributed by atoms with Crippen LogP contribution in [-0.2, 0) is 17.5 Å². The molecule has 0 atom stereocenters. The number of nitrogens with two attached hydrogens (primary N) is 1. The maximum absolute atomic E-state index is 12.8. The van der Waals surface area contributed by atoms with E-state index in [-0.39, 0.29) is 17.8 Å². The summed E-state index contributed by atoms with van der Waals surface area (Å²) in [5, 5.41) is 0.519. The molecule has 0 saturated heterocycles. The number of alkyl halides is 3. The Labute approximate surface area is 107 Å². The van der Waals surface area contributed by atoms with Crippen molar-refractivity contribution in [1.29, 1.82) is 0 Å². The molecule has 0 amide bonds. The van der Waals surface area contributed by atoms with Gasteiger partial charge in [-0.25, -0.2) is 4.98 Å². The minimum absolute atomic E-state index is 0.176. The zero-order valence-corrected chi connectivity index (χ0v) is 10.1. The molecule has 0 aliphatic carbocycles. The van der Waals surface area contributed by atoms with E-state index in [0.29, 0.717) is 10.9 Å². The molecule has 4 nitrogen and oxygen atoms in total. The molecule has 0 aliphatic heterocycles. The standard InChI is InChI=1S/C12H12F3N3O/c1-19-6-7-3-2-4-8-9(18-16)5-10(12(13,14)15)17-11(7)8/h2-5H,6,16H2,1H3,(H,17,18). The Hall–Kier alpha value is -1.86. The number of halogens is 3. The van der Waals surface area contributed by atoms with Gasteiger partial charge in [0, 0.05) is 18.1 Å². The third kappa shape index (κ3) is 2.61. The van der Waals surface area contributed by atoms with Crippen LogP contribution in [-0.4, -0.2) is 12.1 Å². The molecule has 102 valence electrons. The number of pyridine rings is 1. The van der Waals surface area contributed by atoms with Crippen LogP contribution in [0.4, 0.5) is 18.9 Å². The molecular formula is C12H12F3N3O. The lowest BCUT2D eigenvalue weighted by Crippen LogP contribution is -2.13. The number of nitrogens with zero attached hydrogens (tertiary/aromatic N) is 1. The highest BCUT2D eigenvalue weighted by Gasteiger charge is 2.33. The molecule has 3 N–H and O–H groups in total. The second-order valence-electron chi connectivity index (χ2n) is 3.94. The van der Waals surface area contributed by atoms with Gasteiger partial charge in [0.25, 0.3) is 0 Å². The van der Waals surface area contributed by atoms with Crippen LogP contribution >= 0.6 is 0 Å². The first-order chi connectivity index (χ1) is 8.97. The number of anilines is 1. The fourth-order valence-electron chi connectivity index (χ4n) is 1.84. The summed E-state index contributed by atoms with van der Waals surface area (Å²) in [4.78, 5) is 3.67. The zero-order valence-electron chi connectivity index (χ0n) is 10.1. The molecule has 0 unspecified atom stereocenters. The van der Waals surface area contributed by atoms with Crippen LogP contribution in [0, 0.1) is 0 Å². The molecule has 0 bridgehead atoms. The number of hydrazine groups is 1. The second-order valence-corrected chi connectivity index (χ2v) is 3.94. The van der Waals surface area contributed by atoms with Gasteiger partial charge < -0.3 is 10.2 Å². The Morgan fingerprint density at radius 3 is 2.68 bits per heavy atom. The smallest absolute Gasteiger partial charge is 0.380 e. The number of nitrogens with one attached hydrogen (secondary N) is 1. The number of hydrogen-bond acceptors (Lipinski definition) is 4. The van der Waals surface area contributed by atoms with Gasteiger partial charge in [-0.3, -0.25) is 5.84 Å². The molecule has 0 aliphatic rings. The largest absolute Gasteiger partial charge is 0.433 e. The monoisotopic (exact) mass is 271 g/mol. The van der Waals surface area contributed by atoms with Crippen molar-refractivity contribution >= 4 is 16.6 Å². The van der Waals surface area contributed by atoms with E-state index in [4.69, 9.17) is 10.6 Å². The van der Waals surface area contributed by atoms with Gasteiger partial charge in [-0.05, 0) is 6.07 Å². The van der Waals surface area contributed by atoms with Crippen molar-refractivity contribution in [1.82, 2.24) is 4.98 Å². The number of methoxy groups -OCH3 is 1. The number of ether oxygens (including phenoxy) is 1. The van der Waals surface area contributed by atoms with Crippen molar-refractivity contribution in [3.63, 3.8) is 0 Å². The normalized spacial score (nSPS) is 11.8. The van der Waals surface area contributed by atoms with Crippen LogP contribution in [0.15, 0.2) is 24.3 Å². The van der Waals surface area contributed by atoms with Crippen LogP contribution in [0.5, 0.6) is 0 Å². The first-order valence-electron chi connectivity index (χ1n) is 5.42. The highest BCUT2D eigenvalue weighted by atomic mass is 19.4. The van der Waals surface area contributed by atoms with Gasteiger partial charge in [0.15, 0.2) is 0 Å². The molecule has 19 heavy (non-hydrogen) atoms. The fraction of sp³-hybridized carbons (Fsp3) is 0.250. The van der Waals surface area contributed by atoms with Gasteiger partial charge in [0.1, 0.15) is 5.69 Å². The molecule has 2 rings (SSSR count). The average Bonchev–Trinajstić information content (AvgIpc) is 2.37. The van der Waals surface area contributed by atoms with Crippen LogP contribution in [0.2, 0.25) is 0 Å². The van der Waals surface area contributed by atoms with Crippen LogP contribution in [0.25, 0.3) is 10.9 Å². The average molecular weight is 271 g/mol. The zero-order chi connectivity index (χ0) is 14.0. The van der Waals surface area contributed by atoms with Gasteiger partial charge in [-0.2, -0.15) is 13.2 Å². The van der Waals surface area contributed by atoms with Crippen molar-refractivity contribution in [2.24, 2.45) is 5.84 Å². The summed E-state index contributed by atoms with van der Waals surface area (Å²) in [7, 11) is 1.47. The minimum atomic E-state index is -4.53. The molecule has 7 heteroatoms. The lowest BCUT2D eigenvalue weighted by molar-refractivity contribution is -0.140. The van der Waals surface area contributed by atoms with Gasteiger partial charge in [-0.15, -0.1) is 0 Å². The summed E-state index contributed by atoms with van der Waals surface area (Å²) in [6, 6.07) is 5.92. The first-order valence-corrected chi connectivity index (χ1v) is 5.42. The lowest BCUT2D eigenvalue weighted by Gasteiger charge is -2.13. The van der Waals surface area contributed by atoms with E-state index >= 15 is 0 Å². The fourth-order valence-corrected chi connectivity index (χ4v) is 1.84. The maximum atomic E-state index is 12.8. The molecule has 1 heterocycles. The van der Waals surface area contributed by atoms with E-state index in [9.17, 15) is 13.2 Å². The third-order valence-corrected chi connectivity index (χ3v) is 2.67. The summed E-state index contributed by atoms with van der Waals surface area (Å²) >= 11 is 0. The summed E-state index contributed by atoms with van der Waals surface area (Å²) in [5.41, 5.74) is 2.26. The van der Waals surface area contributed by atoms with E-state index in [1.807, 2.05) is 0 Å². The highest BCUT2D eigenvalue weighted by Crippen LogP contribution is 2.33. The number of benzene rings is 1. The highest BCUT2D eigenvalue weighted by molar-refractivity contribution is 5.93. The second kappa shape index (κ2) is 5.02. The Balaban J connectivity index is 2.74. The topological polar surface area (TPSA) is 60.2 Å². The quantitative estimate of drug-likeness (QED) is 0.665. The van der Waals surface area contributed by atoms with E-state index in [1.54, 1.807) is 18.2 Å². The molecule has 1 aromatic heterocycles. The minimum Gasteiger partial charge on any atom is -0.380 e. The van der Waals surface area contributed by atoms with E-state index in [2.05, 4.69) is 10.4 Å². The van der Waals surface area contributed by atoms with Gasteiger partial charge in [-0.1, -0.05) is 18.2 Å². The molecule has 0 fully saturated rings. The Kier molecular flexibility index (Phi) is 3.59. The SMILES string of the molecule is COCc1cccc2c(NN)cc(C(F)(F)F)nc12. The third-order valence-electron chi connectivity index (χ3n) is 2.67. The van der Waals surface area contributed by atoms with Gasteiger partial charge in [0.2, 0.25) is 0 Å². The van der Waals surface area contributed by atoms with Crippen LogP contribution < -0.4 is 11.3 Å². The summed E-state index contributed by atoms with van der Waals surface area (Å²) < 4.78 is 43.3. The number of para-hydroxylation sites is 1. The molecule has 1 aromatic carbocycles. The molecular weight excluding hydrogens is 259 g/mol. The Morgan fingerprint density at radius 2 is 2.11 bits per heavy atom. The number of rotatable bonds is 3. The molecule has 0 saturated carbocycles. The van der Waals surface area contributed by atoms with Gasteiger partial charge in [0.05, 0.1) is 17.8 Å². The van der Waals surface area contributed by atoms with Crippen molar-refractivity contribution < 1.29 is 17.9 Å². The van der Waals surface area contributed by atoms with Crippen molar-refractivity contribution in [2.75, 3.05) is 12.5 Å². The van der Waals surface area contributed by atoms with Crippen molar-refractivity contribution in [2.45, 2.75) is 12.8 Å². The molecule has 0 radical (unpaired) electrons. The van der Waals surface area contributed by atoms with E-state index in [0.717, 1.165) is 6.07 Å². The summed E-state index contributed by atoms with van der Waals surface area (Å²) in [5.74, 6) is 5.28. The number of aromatic nitrogens is 1. The first kappa shape index (κ1) is 13.6.